The van der Waals surface area contributed by atoms with Gasteiger partial charge in [0.1, 0.15) is 189 Å². The van der Waals surface area contributed by atoms with E-state index in [0.29, 0.717) is 91.8 Å². The molecule has 0 unspecified atom stereocenters. The molecule has 5 aromatic carbocycles. The van der Waals surface area contributed by atoms with E-state index in [4.69, 9.17) is 47.4 Å². The fraction of sp³-hybridized carbons (Fsp3) is 0.744. The second-order valence-electron chi connectivity index (χ2n) is 40.2. The fourth-order valence-corrected chi connectivity index (χ4v) is 21.8. The second kappa shape index (κ2) is 60.3. The van der Waals surface area contributed by atoms with Crippen molar-refractivity contribution >= 4 is 0 Å². The van der Waals surface area contributed by atoms with Crippen LogP contribution in [0.2, 0.25) is 0 Å². The Balaban J connectivity index is 2.06. The van der Waals surface area contributed by atoms with Gasteiger partial charge >= 0.3 is 0 Å². The molecule has 5 rings (SSSR count). The van der Waals surface area contributed by atoms with Gasteiger partial charge in [-0.15, -0.1) is 0 Å². The molecule has 0 aliphatic carbocycles. The molecule has 0 bridgehead atoms. The predicted octanol–water partition coefficient (Wildman–Crippen LogP) is 21.5. The Morgan fingerprint density at radius 2 is 0.241 bits per heavy atom. The molecular formula is C117H216N10O10+10. The summed E-state index contributed by atoms with van der Waals surface area (Å²) in [5.41, 5.74) is 10.7. The lowest BCUT2D eigenvalue weighted by molar-refractivity contribution is -0.923. The normalized spacial score (nSPS) is 12.8. The number of quaternary nitrogens is 10. The summed E-state index contributed by atoms with van der Waals surface area (Å²) >= 11 is 0. The Kier molecular flexibility index (Phi) is 53.4. The number of hydrogen-bond donors (Lipinski definition) is 0. The van der Waals surface area contributed by atoms with Crippen molar-refractivity contribution in [1.29, 1.82) is 0 Å². The lowest BCUT2D eigenvalue weighted by atomic mass is 9.94. The summed E-state index contributed by atoms with van der Waals surface area (Å²) in [4.78, 5) is 0. The van der Waals surface area contributed by atoms with Crippen molar-refractivity contribution in [3.8, 4) is 57.5 Å². The van der Waals surface area contributed by atoms with Crippen LogP contribution in [0.3, 0.4) is 0 Å². The Labute approximate surface area is 842 Å². The maximum atomic E-state index is 7.67. The number of benzene rings is 5. The van der Waals surface area contributed by atoms with E-state index in [1.807, 2.05) is 0 Å². The lowest BCUT2D eigenvalue weighted by Gasteiger charge is -2.36. The number of likely N-dealkylation sites (N-methyl/N-ethyl adjacent to an activating group) is 10. The fourth-order valence-electron chi connectivity index (χ4n) is 21.8. The average molecular weight is 1920 g/mol. The highest BCUT2D eigenvalue weighted by Crippen LogP contribution is 2.43. The Morgan fingerprint density at radius 1 is 0.139 bits per heavy atom. The minimum absolute atomic E-state index is 0.487. The van der Waals surface area contributed by atoms with Gasteiger partial charge in [0.2, 0.25) is 0 Å². The molecular weight excluding hydrogens is 1710 g/mol. The highest BCUT2D eigenvalue weighted by Gasteiger charge is 2.34. The van der Waals surface area contributed by atoms with Crippen molar-refractivity contribution in [3.63, 3.8) is 0 Å². The zero-order valence-electron chi connectivity index (χ0n) is 95.2. The van der Waals surface area contributed by atoms with Crippen LogP contribution in [0.15, 0.2) is 60.7 Å². The Hall–Kier alpha value is -6.30. The summed E-state index contributed by atoms with van der Waals surface area (Å²) in [5, 5.41) is 0. The van der Waals surface area contributed by atoms with Crippen LogP contribution < -0.4 is 47.4 Å². The molecule has 20 nitrogen and oxygen atoms in total. The van der Waals surface area contributed by atoms with E-state index in [1.165, 1.54) is 5.56 Å². The molecule has 0 fully saturated rings. The van der Waals surface area contributed by atoms with Crippen LogP contribution in [-0.2, 0) is 32.1 Å². The van der Waals surface area contributed by atoms with Gasteiger partial charge in [0, 0.05) is 70.2 Å². The van der Waals surface area contributed by atoms with Crippen LogP contribution in [0.5, 0.6) is 57.5 Å². The standard InChI is InChI=1S/C117H216N10O10/c1-33-99-89-111(131-77-67-121(43-11,44-12)45-13)101(91-110(99)130-76-66-120(40-8,41-9)42-10)86-103-93-115(135-81-71-125(55-23,56-24)57-25)105(95-114(103)134-80-70-124(52-20,53-21)54-22)88-107-97-116(136-82-72-126(58-26,59-27)60-28)106(96-117(107)137-83-73-127(61-29,62-30)63-31)87-104-94-112(132-78-68-122(46-14,47-15)48-16)102(92-113(104)133-79-69-123(49-17,50-18)51-19)85-100-90-108(128-74-64-118(34-2,35-3)36-4)98(32)84-109(100)129-75-65-119(37-5,38-6)39-7/h84,89-97H,33-83,85-88H2,1-32H3/q+10. The molecule has 0 aromatic heterocycles. The largest absolute Gasteiger partial charge is 0.487 e. The van der Waals surface area contributed by atoms with Gasteiger partial charge in [-0.1, -0.05) is 6.92 Å². The zero-order chi connectivity index (χ0) is 102. The average Bonchev–Trinajstić information content (AvgIpc) is 0.784. The van der Waals surface area contributed by atoms with E-state index in [9.17, 15) is 0 Å². The van der Waals surface area contributed by atoms with Crippen molar-refractivity contribution in [2.24, 2.45) is 0 Å². The molecule has 0 radical (unpaired) electrons. The summed E-state index contributed by atoms with van der Waals surface area (Å²) in [6.45, 7) is 120. The topological polar surface area (TPSA) is 92.3 Å². The molecule has 0 heterocycles. The molecule has 784 valence electrons. The minimum Gasteiger partial charge on any atom is -0.487 e. The van der Waals surface area contributed by atoms with Gasteiger partial charge in [0.05, 0.1) is 196 Å². The molecule has 0 amide bonds. The lowest BCUT2D eigenvalue weighted by Crippen LogP contribution is -2.50. The van der Waals surface area contributed by atoms with Gasteiger partial charge in [-0.2, -0.15) is 0 Å². The molecule has 0 spiro atoms. The zero-order valence-corrected chi connectivity index (χ0v) is 95.2. The SMILES string of the molecule is CCc1cc(OCC[N+](CC)(CC)CC)c(Cc2cc(OCC[N+](CC)(CC)CC)c(Cc3cc(OCC[N+](CC)(CC)CC)c(Cc4cc(OCC[N+](CC)(CC)CC)c(Cc5cc(OCC[N+](CC)(CC)CC)c(C)cc5OCC[N+](CC)(CC)CC)cc4OCC[N+](CC)(CC)CC)cc3OCC[N+](CC)(CC)CC)cc2OCC[N+](CC)(CC)CC)cc1OCC[N+](CC)(CC)CC. The third-order valence-corrected chi connectivity index (χ3v) is 36.6. The molecule has 5 aromatic rings. The molecule has 0 aliphatic rings. The summed E-state index contributed by atoms with van der Waals surface area (Å²) in [6, 6.07) is 23.4. The predicted molar refractivity (Wildman–Crippen MR) is 580 cm³/mol. The van der Waals surface area contributed by atoms with Crippen LogP contribution >= 0.6 is 0 Å². The van der Waals surface area contributed by atoms with Crippen molar-refractivity contribution in [2.45, 2.75) is 254 Å². The Morgan fingerprint density at radius 3 is 0.365 bits per heavy atom. The van der Waals surface area contributed by atoms with Crippen LogP contribution in [0.25, 0.3) is 0 Å². The first-order valence-corrected chi connectivity index (χ1v) is 56.5. The Bertz CT molecular complexity index is 4080. The first-order chi connectivity index (χ1) is 65.9. The molecule has 137 heavy (non-hydrogen) atoms. The number of rotatable bonds is 79. The molecule has 0 aliphatic heterocycles. The maximum absolute atomic E-state index is 7.67. The van der Waals surface area contributed by atoms with E-state index < -0.39 is 0 Å². The first-order valence-electron chi connectivity index (χ1n) is 56.5. The van der Waals surface area contributed by atoms with E-state index in [0.717, 1.165) is 421 Å². The highest BCUT2D eigenvalue weighted by atomic mass is 16.5. The first kappa shape index (κ1) is 121. The van der Waals surface area contributed by atoms with Crippen LogP contribution in [0.4, 0.5) is 0 Å². The van der Waals surface area contributed by atoms with Crippen LogP contribution in [0.1, 0.15) is 270 Å². The summed E-state index contributed by atoms with van der Waals surface area (Å²) < 4.78 is 83.9. The van der Waals surface area contributed by atoms with Gasteiger partial charge in [-0.3, -0.25) is 0 Å². The third kappa shape index (κ3) is 33.4. The van der Waals surface area contributed by atoms with Gasteiger partial charge in [-0.05, 0) is 293 Å². The molecule has 0 atom stereocenters. The molecule has 0 N–H and O–H groups in total. The highest BCUT2D eigenvalue weighted by molar-refractivity contribution is 5.58. The van der Waals surface area contributed by atoms with Gasteiger partial charge in [0.15, 0.2) is 0 Å². The van der Waals surface area contributed by atoms with E-state index in [-0.39, 0.29) is 0 Å². The van der Waals surface area contributed by atoms with E-state index in [1.54, 1.807) is 0 Å². The minimum atomic E-state index is 0.487. The van der Waals surface area contributed by atoms with E-state index in [2.05, 4.69) is 282 Å². The second-order valence-corrected chi connectivity index (χ2v) is 40.2. The quantitative estimate of drug-likeness (QED) is 0.0351. The van der Waals surface area contributed by atoms with Gasteiger partial charge in [-0.25, -0.2) is 0 Å². The number of hydrogen-bond acceptors (Lipinski definition) is 10. The van der Waals surface area contributed by atoms with Gasteiger partial charge < -0.3 is 92.2 Å². The number of aryl methyl sites for hydroxylation is 2. The van der Waals surface area contributed by atoms with Crippen molar-refractivity contribution in [1.82, 2.24) is 0 Å². The van der Waals surface area contributed by atoms with Crippen LogP contribution in [-0.4, -0.2) is 373 Å². The maximum Gasteiger partial charge on any atom is 0.137 e. The monoisotopic (exact) mass is 1920 g/mol. The molecule has 0 saturated heterocycles. The van der Waals surface area contributed by atoms with Gasteiger partial charge in [0.25, 0.3) is 0 Å². The third-order valence-electron chi connectivity index (χ3n) is 36.6. The molecule has 0 saturated carbocycles. The van der Waals surface area contributed by atoms with Crippen molar-refractivity contribution < 1.29 is 92.2 Å². The number of ether oxygens (including phenoxy) is 10. The molecule has 20 heteroatoms. The smallest absolute Gasteiger partial charge is 0.137 e. The van der Waals surface area contributed by atoms with Crippen molar-refractivity contribution in [3.05, 3.63) is 116 Å². The van der Waals surface area contributed by atoms with Crippen molar-refractivity contribution in [2.75, 3.05) is 328 Å². The summed E-state index contributed by atoms with van der Waals surface area (Å²) in [5.74, 6) is 8.76. The van der Waals surface area contributed by atoms with Crippen LogP contribution in [0, 0.1) is 6.92 Å². The summed E-state index contributed by atoms with van der Waals surface area (Å²) in [7, 11) is 0. The summed E-state index contributed by atoms with van der Waals surface area (Å²) in [6.07, 6.45) is 2.88. The van der Waals surface area contributed by atoms with E-state index >= 15 is 0 Å². The number of nitrogens with zero attached hydrogens (tertiary/aromatic N) is 10.